The molecular formula is C15H14F2N2O. The van der Waals surface area contributed by atoms with Gasteiger partial charge >= 0.3 is 0 Å². The van der Waals surface area contributed by atoms with Gasteiger partial charge in [0.05, 0.1) is 11.3 Å². The van der Waals surface area contributed by atoms with E-state index >= 15 is 0 Å². The highest BCUT2D eigenvalue weighted by atomic mass is 19.1. The lowest BCUT2D eigenvalue weighted by molar-refractivity contribution is 0.416. The molecule has 2 fully saturated rings. The van der Waals surface area contributed by atoms with Crippen LogP contribution in [-0.2, 0) is 0 Å². The summed E-state index contributed by atoms with van der Waals surface area (Å²) in [5, 5.41) is 4.03. The van der Waals surface area contributed by atoms with Gasteiger partial charge in [-0.2, -0.15) is 0 Å². The molecule has 2 unspecified atom stereocenters. The summed E-state index contributed by atoms with van der Waals surface area (Å²) in [6.07, 6.45) is 3.42. The van der Waals surface area contributed by atoms with Gasteiger partial charge in [-0.3, -0.25) is 0 Å². The van der Waals surface area contributed by atoms with Gasteiger partial charge in [-0.1, -0.05) is 5.16 Å². The smallest absolute Gasteiger partial charge is 0.230 e. The first-order valence-corrected chi connectivity index (χ1v) is 6.84. The average Bonchev–Trinajstić information content (AvgIpc) is 2.83. The van der Waals surface area contributed by atoms with E-state index in [9.17, 15) is 8.78 Å². The van der Waals surface area contributed by atoms with Crippen molar-refractivity contribution in [2.45, 2.75) is 25.2 Å². The molecule has 0 amide bonds. The van der Waals surface area contributed by atoms with Crippen LogP contribution in [-0.4, -0.2) is 5.16 Å². The van der Waals surface area contributed by atoms with E-state index in [1.807, 2.05) is 0 Å². The second-order valence-corrected chi connectivity index (χ2v) is 5.86. The van der Waals surface area contributed by atoms with Gasteiger partial charge in [0.2, 0.25) is 5.88 Å². The van der Waals surface area contributed by atoms with E-state index in [2.05, 4.69) is 5.16 Å². The number of hydrogen-bond donors (Lipinski definition) is 1. The van der Waals surface area contributed by atoms with Crippen molar-refractivity contribution in [2.24, 2.45) is 11.8 Å². The third-order valence-electron chi connectivity index (χ3n) is 4.58. The number of aromatic nitrogens is 1. The third kappa shape index (κ3) is 1.72. The molecule has 2 aliphatic carbocycles. The van der Waals surface area contributed by atoms with Crippen LogP contribution >= 0.6 is 0 Å². The van der Waals surface area contributed by atoms with Gasteiger partial charge in [0, 0.05) is 17.5 Å². The zero-order chi connectivity index (χ0) is 13.9. The Kier molecular flexibility index (Phi) is 2.40. The molecule has 4 rings (SSSR count). The van der Waals surface area contributed by atoms with Crippen LogP contribution < -0.4 is 5.73 Å². The van der Waals surface area contributed by atoms with E-state index in [1.165, 1.54) is 18.6 Å². The molecule has 2 aliphatic rings. The van der Waals surface area contributed by atoms with Crippen molar-refractivity contribution in [3.05, 3.63) is 35.5 Å². The fourth-order valence-corrected chi connectivity index (χ4v) is 3.50. The van der Waals surface area contributed by atoms with Crippen molar-refractivity contribution in [3.63, 3.8) is 0 Å². The fraction of sp³-hybridized carbons (Fsp3) is 0.400. The normalized spacial score (nSPS) is 27.6. The van der Waals surface area contributed by atoms with Crippen LogP contribution in [0.4, 0.5) is 14.7 Å². The third-order valence-corrected chi connectivity index (χ3v) is 4.58. The number of rotatable bonds is 2. The summed E-state index contributed by atoms with van der Waals surface area (Å²) >= 11 is 0. The lowest BCUT2D eigenvalue weighted by Gasteiger charge is -2.11. The quantitative estimate of drug-likeness (QED) is 0.909. The summed E-state index contributed by atoms with van der Waals surface area (Å²) in [5.41, 5.74) is 7.29. The summed E-state index contributed by atoms with van der Waals surface area (Å²) in [6.45, 7) is 0. The minimum absolute atomic E-state index is 0.103. The van der Waals surface area contributed by atoms with Crippen molar-refractivity contribution in [3.8, 4) is 11.1 Å². The van der Waals surface area contributed by atoms with Gasteiger partial charge in [0.1, 0.15) is 11.6 Å². The number of nitrogen functional groups attached to an aromatic ring is 1. The lowest BCUT2D eigenvalue weighted by Crippen LogP contribution is -2.00. The number of anilines is 1. The first-order chi connectivity index (χ1) is 9.63. The molecule has 2 atom stereocenters. The molecule has 1 heterocycles. The summed E-state index contributed by atoms with van der Waals surface area (Å²) in [7, 11) is 0. The first kappa shape index (κ1) is 11.9. The Morgan fingerprint density at radius 3 is 2.60 bits per heavy atom. The molecule has 104 valence electrons. The zero-order valence-corrected chi connectivity index (χ0v) is 10.8. The summed E-state index contributed by atoms with van der Waals surface area (Å²) < 4.78 is 32.1. The largest absolute Gasteiger partial charge is 0.367 e. The molecule has 0 spiro atoms. The highest BCUT2D eigenvalue weighted by molar-refractivity contribution is 5.76. The van der Waals surface area contributed by atoms with Gasteiger partial charge in [-0.25, -0.2) is 8.78 Å². The first-order valence-electron chi connectivity index (χ1n) is 6.84. The standard InChI is InChI=1S/C15H14F2N2O/c16-10-1-2-11(12(17)6-10)13-14(19-20-15(13)18)9-4-7-3-8(7)5-9/h1-2,6-9H,3-5,18H2. The number of nitrogens with two attached hydrogens (primary N) is 1. The summed E-state index contributed by atoms with van der Waals surface area (Å²) in [5.74, 6) is 0.701. The molecule has 5 heteroatoms. The Hall–Kier alpha value is -1.91. The SMILES string of the molecule is Nc1onc(C2CC3CC3C2)c1-c1ccc(F)cc1F. The molecule has 2 saturated carbocycles. The Balaban J connectivity index is 1.78. The minimum atomic E-state index is -0.635. The molecular weight excluding hydrogens is 262 g/mol. The van der Waals surface area contributed by atoms with E-state index < -0.39 is 11.6 Å². The van der Waals surface area contributed by atoms with Crippen LogP contribution in [0.15, 0.2) is 22.7 Å². The predicted octanol–water partition coefficient (Wildman–Crippen LogP) is 3.72. The van der Waals surface area contributed by atoms with E-state index in [4.69, 9.17) is 10.3 Å². The van der Waals surface area contributed by atoms with Crippen LogP contribution in [0.2, 0.25) is 0 Å². The van der Waals surface area contributed by atoms with Crippen LogP contribution in [0, 0.1) is 23.5 Å². The molecule has 0 radical (unpaired) electrons. The minimum Gasteiger partial charge on any atom is -0.367 e. The topological polar surface area (TPSA) is 52.0 Å². The highest BCUT2D eigenvalue weighted by Crippen LogP contribution is 2.58. The second kappa shape index (κ2) is 4.04. The van der Waals surface area contributed by atoms with Gasteiger partial charge < -0.3 is 10.3 Å². The molecule has 1 aromatic heterocycles. The number of nitrogens with zero attached hydrogens (tertiary/aromatic N) is 1. The molecule has 2 N–H and O–H groups in total. The Labute approximate surface area is 114 Å². The monoisotopic (exact) mass is 276 g/mol. The maximum atomic E-state index is 14.0. The molecule has 0 saturated heterocycles. The Morgan fingerprint density at radius 2 is 1.90 bits per heavy atom. The maximum Gasteiger partial charge on any atom is 0.230 e. The van der Waals surface area contributed by atoms with E-state index in [1.54, 1.807) is 0 Å². The Bertz CT molecular complexity index is 673. The van der Waals surface area contributed by atoms with Crippen LogP contribution in [0.25, 0.3) is 11.1 Å². The van der Waals surface area contributed by atoms with Crippen LogP contribution in [0.3, 0.4) is 0 Å². The van der Waals surface area contributed by atoms with Crippen molar-refractivity contribution in [1.82, 2.24) is 5.16 Å². The van der Waals surface area contributed by atoms with Crippen LogP contribution in [0.1, 0.15) is 30.9 Å². The number of hydrogen-bond acceptors (Lipinski definition) is 3. The van der Waals surface area contributed by atoms with Gasteiger partial charge in [0.15, 0.2) is 0 Å². The van der Waals surface area contributed by atoms with E-state index in [0.29, 0.717) is 5.56 Å². The van der Waals surface area contributed by atoms with Crippen molar-refractivity contribution in [1.29, 1.82) is 0 Å². The lowest BCUT2D eigenvalue weighted by atomic mass is 9.93. The van der Waals surface area contributed by atoms with Crippen LogP contribution in [0.5, 0.6) is 0 Å². The van der Waals surface area contributed by atoms with E-state index in [0.717, 1.165) is 36.4 Å². The fourth-order valence-electron chi connectivity index (χ4n) is 3.50. The molecule has 2 aromatic rings. The Morgan fingerprint density at radius 1 is 1.15 bits per heavy atom. The summed E-state index contributed by atoms with van der Waals surface area (Å²) in [6, 6.07) is 3.48. The predicted molar refractivity (Wildman–Crippen MR) is 69.8 cm³/mol. The number of fused-ring (bicyclic) bond motifs is 1. The van der Waals surface area contributed by atoms with Crippen molar-refractivity contribution in [2.75, 3.05) is 5.73 Å². The summed E-state index contributed by atoms with van der Waals surface area (Å²) in [4.78, 5) is 0. The van der Waals surface area contributed by atoms with Gasteiger partial charge in [-0.05, 0) is 43.2 Å². The molecule has 0 bridgehead atoms. The van der Waals surface area contributed by atoms with E-state index in [-0.39, 0.29) is 17.4 Å². The average molecular weight is 276 g/mol. The highest BCUT2D eigenvalue weighted by Gasteiger charge is 2.47. The van der Waals surface area contributed by atoms with Gasteiger partial charge in [-0.15, -0.1) is 0 Å². The maximum absolute atomic E-state index is 14.0. The molecule has 3 nitrogen and oxygen atoms in total. The van der Waals surface area contributed by atoms with Gasteiger partial charge in [0.25, 0.3) is 0 Å². The zero-order valence-electron chi connectivity index (χ0n) is 10.8. The molecule has 0 aliphatic heterocycles. The molecule has 20 heavy (non-hydrogen) atoms. The second-order valence-electron chi connectivity index (χ2n) is 5.86. The number of benzene rings is 1. The number of halogens is 2. The van der Waals surface area contributed by atoms with Crippen molar-refractivity contribution < 1.29 is 13.3 Å². The molecule has 1 aromatic carbocycles. The van der Waals surface area contributed by atoms with Crippen molar-refractivity contribution >= 4 is 5.88 Å².